The zero-order valence-electron chi connectivity index (χ0n) is 17.6. The molecular weight excluding hydrogens is 378 g/mol. The van der Waals surface area contributed by atoms with Crippen LogP contribution in [-0.2, 0) is 0 Å². The van der Waals surface area contributed by atoms with Gasteiger partial charge in [0.15, 0.2) is 11.5 Å². The molecule has 3 aromatic rings. The molecule has 0 atom stereocenters. The summed E-state index contributed by atoms with van der Waals surface area (Å²) >= 11 is 0. The molecule has 4 rings (SSSR count). The molecular formula is C22H27N7O. The molecule has 0 saturated carbocycles. The van der Waals surface area contributed by atoms with Gasteiger partial charge in [-0.2, -0.15) is 10.4 Å². The van der Waals surface area contributed by atoms with Gasteiger partial charge in [0.1, 0.15) is 17.6 Å². The number of nitrogens with one attached hydrogen (secondary N) is 2. The van der Waals surface area contributed by atoms with Crippen LogP contribution in [0.25, 0.3) is 11.3 Å². The number of hydrogen-bond acceptors (Lipinski definition) is 7. The lowest BCUT2D eigenvalue weighted by molar-refractivity contribution is 0.359. The van der Waals surface area contributed by atoms with E-state index in [-0.39, 0.29) is 5.69 Å². The van der Waals surface area contributed by atoms with Crippen molar-refractivity contribution in [3.8, 4) is 23.1 Å². The summed E-state index contributed by atoms with van der Waals surface area (Å²) in [4.78, 5) is 10.5. The Labute approximate surface area is 176 Å². The molecule has 1 aliphatic rings. The van der Waals surface area contributed by atoms with Crippen LogP contribution in [0.15, 0.2) is 36.7 Å². The molecule has 0 bridgehead atoms. The third-order valence-corrected chi connectivity index (χ3v) is 4.89. The monoisotopic (exact) mass is 405 g/mol. The smallest absolute Gasteiger partial charge is 0.158 e. The Morgan fingerprint density at radius 2 is 1.97 bits per heavy atom. The number of nitriles is 1. The van der Waals surface area contributed by atoms with Crippen LogP contribution in [0.1, 0.15) is 31.0 Å². The molecule has 2 aromatic heterocycles. The summed E-state index contributed by atoms with van der Waals surface area (Å²) in [5, 5.41) is 18.9. The van der Waals surface area contributed by atoms with Gasteiger partial charge in [0, 0.05) is 11.6 Å². The summed E-state index contributed by atoms with van der Waals surface area (Å²) < 4.78 is 5.41. The highest BCUT2D eigenvalue weighted by atomic mass is 16.5. The molecule has 0 spiro atoms. The summed E-state index contributed by atoms with van der Waals surface area (Å²) in [5.41, 5.74) is 3.13. The predicted octanol–water partition coefficient (Wildman–Crippen LogP) is 3.90. The Hall–Kier alpha value is -3.44. The highest BCUT2D eigenvalue weighted by Gasteiger charge is 2.10. The van der Waals surface area contributed by atoms with Crippen molar-refractivity contribution in [3.63, 3.8) is 0 Å². The van der Waals surface area contributed by atoms with Gasteiger partial charge < -0.3 is 15.0 Å². The van der Waals surface area contributed by atoms with E-state index in [0.29, 0.717) is 11.6 Å². The number of aromatic nitrogens is 4. The van der Waals surface area contributed by atoms with Crippen LogP contribution in [0.4, 0.5) is 11.6 Å². The number of anilines is 2. The molecule has 0 radical (unpaired) electrons. The minimum absolute atomic E-state index is 0.266. The van der Waals surface area contributed by atoms with Gasteiger partial charge in [-0.1, -0.05) is 13.0 Å². The fourth-order valence-electron chi connectivity index (χ4n) is 3.23. The maximum Gasteiger partial charge on any atom is 0.158 e. The first kappa shape index (κ1) is 21.3. The molecule has 1 saturated heterocycles. The Kier molecular flexibility index (Phi) is 7.35. The number of aromatic amines is 1. The van der Waals surface area contributed by atoms with Gasteiger partial charge in [-0.25, -0.2) is 9.97 Å². The van der Waals surface area contributed by atoms with E-state index in [1.165, 1.54) is 44.9 Å². The van der Waals surface area contributed by atoms with Crippen molar-refractivity contribution in [1.29, 1.82) is 5.26 Å². The summed E-state index contributed by atoms with van der Waals surface area (Å²) in [6.07, 6.45) is 5.74. The van der Waals surface area contributed by atoms with Crippen LogP contribution in [0.5, 0.6) is 5.75 Å². The molecule has 1 fully saturated rings. The summed E-state index contributed by atoms with van der Waals surface area (Å²) in [6, 6.07) is 9.74. The van der Waals surface area contributed by atoms with Crippen molar-refractivity contribution in [2.24, 2.45) is 0 Å². The van der Waals surface area contributed by atoms with Crippen LogP contribution in [0.3, 0.4) is 0 Å². The Bertz CT molecular complexity index is 985. The van der Waals surface area contributed by atoms with Crippen molar-refractivity contribution in [1.82, 2.24) is 25.1 Å². The Morgan fingerprint density at radius 1 is 1.17 bits per heavy atom. The maximum atomic E-state index is 8.71. The van der Waals surface area contributed by atoms with Crippen molar-refractivity contribution in [3.05, 3.63) is 47.9 Å². The molecule has 8 heteroatoms. The normalized spacial score (nSPS) is 13.3. The largest absolute Gasteiger partial charge is 0.496 e. The second-order valence-corrected chi connectivity index (χ2v) is 7.04. The molecule has 30 heavy (non-hydrogen) atoms. The van der Waals surface area contributed by atoms with Crippen LogP contribution in [0.2, 0.25) is 0 Å². The fourth-order valence-corrected chi connectivity index (χ4v) is 3.23. The quantitative estimate of drug-likeness (QED) is 0.663. The Morgan fingerprint density at radius 3 is 2.57 bits per heavy atom. The molecule has 1 aliphatic heterocycles. The lowest BCUT2D eigenvalue weighted by atomic mass is 10.1. The van der Waals surface area contributed by atoms with Crippen LogP contribution < -0.4 is 10.1 Å². The number of methoxy groups -OCH3 is 1. The van der Waals surface area contributed by atoms with Gasteiger partial charge in [-0.15, -0.1) is 0 Å². The van der Waals surface area contributed by atoms with E-state index in [1.807, 2.05) is 37.3 Å². The first-order valence-corrected chi connectivity index (χ1v) is 10.0. The van der Waals surface area contributed by atoms with Gasteiger partial charge in [-0.3, -0.25) is 5.10 Å². The van der Waals surface area contributed by atoms with Crippen molar-refractivity contribution in [2.75, 3.05) is 32.1 Å². The van der Waals surface area contributed by atoms with E-state index >= 15 is 0 Å². The first-order chi connectivity index (χ1) is 14.6. The van der Waals surface area contributed by atoms with Crippen molar-refractivity contribution >= 4 is 11.6 Å². The SMILES string of the molecule is CCN1CCCC1.COc1cc(C)ccc1-c1cc(Nc2cnc(C#N)cn2)n[nH]1. The van der Waals surface area contributed by atoms with Crippen LogP contribution >= 0.6 is 0 Å². The second-order valence-electron chi connectivity index (χ2n) is 7.04. The molecule has 1 aromatic carbocycles. The topological polar surface area (TPSA) is 103 Å². The second kappa shape index (κ2) is 10.4. The van der Waals surface area contributed by atoms with Gasteiger partial charge >= 0.3 is 0 Å². The standard InChI is InChI=1S/C16H14N6O.C6H13N/c1-10-3-4-12(14(5-10)23-2)13-6-15(22-21-13)20-16-9-18-11(7-17)8-19-16;1-2-7-5-3-4-6-7/h3-6,8-9H,1-2H3,(H2,19,20,21,22);2-6H2,1H3. The lowest BCUT2D eigenvalue weighted by Gasteiger charge is -2.08. The minimum Gasteiger partial charge on any atom is -0.496 e. The van der Waals surface area contributed by atoms with Crippen molar-refractivity contribution < 1.29 is 4.74 Å². The summed E-state index contributed by atoms with van der Waals surface area (Å²) in [5.74, 6) is 1.89. The molecule has 156 valence electrons. The first-order valence-electron chi connectivity index (χ1n) is 10.0. The van der Waals surface area contributed by atoms with Crippen LogP contribution in [-0.4, -0.2) is 51.8 Å². The average Bonchev–Trinajstić information content (AvgIpc) is 3.47. The maximum absolute atomic E-state index is 8.71. The zero-order chi connectivity index (χ0) is 21.3. The van der Waals surface area contributed by atoms with E-state index in [4.69, 9.17) is 10.00 Å². The number of benzene rings is 1. The van der Waals surface area contributed by atoms with Gasteiger partial charge in [0.05, 0.1) is 25.2 Å². The van der Waals surface area contributed by atoms with E-state index in [1.54, 1.807) is 7.11 Å². The number of nitrogens with zero attached hydrogens (tertiary/aromatic N) is 5. The van der Waals surface area contributed by atoms with E-state index < -0.39 is 0 Å². The number of aryl methyl sites for hydroxylation is 1. The molecule has 3 heterocycles. The summed E-state index contributed by atoms with van der Waals surface area (Å²) in [7, 11) is 1.64. The minimum atomic E-state index is 0.266. The summed E-state index contributed by atoms with van der Waals surface area (Å²) in [6.45, 7) is 8.17. The van der Waals surface area contributed by atoms with E-state index in [9.17, 15) is 0 Å². The third-order valence-electron chi connectivity index (χ3n) is 4.89. The number of ether oxygens (including phenoxy) is 1. The molecule has 2 N–H and O–H groups in total. The molecule has 8 nitrogen and oxygen atoms in total. The fraction of sp³-hybridized carbons (Fsp3) is 0.364. The Balaban J connectivity index is 0.000000310. The van der Waals surface area contributed by atoms with Crippen molar-refractivity contribution in [2.45, 2.75) is 26.7 Å². The van der Waals surface area contributed by atoms with E-state index in [0.717, 1.165) is 22.6 Å². The molecule has 0 aliphatic carbocycles. The lowest BCUT2D eigenvalue weighted by Crippen LogP contribution is -2.17. The number of H-pyrrole nitrogens is 1. The van der Waals surface area contributed by atoms with E-state index in [2.05, 4.69) is 37.3 Å². The molecule has 0 unspecified atom stereocenters. The number of likely N-dealkylation sites (tertiary alicyclic amines) is 1. The van der Waals surface area contributed by atoms with Gasteiger partial charge in [-0.05, 0) is 57.1 Å². The molecule has 0 amide bonds. The average molecular weight is 406 g/mol. The van der Waals surface area contributed by atoms with Crippen LogP contribution in [0, 0.1) is 18.3 Å². The third kappa shape index (κ3) is 5.55. The van der Waals surface area contributed by atoms with Gasteiger partial charge in [0.2, 0.25) is 0 Å². The highest BCUT2D eigenvalue weighted by Crippen LogP contribution is 2.30. The zero-order valence-corrected chi connectivity index (χ0v) is 17.6. The number of rotatable bonds is 5. The highest BCUT2D eigenvalue weighted by molar-refractivity contribution is 5.70. The van der Waals surface area contributed by atoms with Gasteiger partial charge in [0.25, 0.3) is 0 Å². The number of hydrogen-bond donors (Lipinski definition) is 2. The predicted molar refractivity (Wildman–Crippen MR) is 117 cm³/mol.